The molecule has 0 saturated carbocycles. The minimum absolute atomic E-state index is 0.826. The third kappa shape index (κ3) is 3.53. The van der Waals surface area contributed by atoms with E-state index in [-0.39, 0.29) is 0 Å². The molecule has 46 valence electrons. The van der Waals surface area contributed by atoms with E-state index in [4.69, 9.17) is 10.0 Å². The van der Waals surface area contributed by atoms with Gasteiger partial charge in [-0.3, -0.25) is 0 Å². The van der Waals surface area contributed by atoms with E-state index in [1.165, 1.54) is 19.4 Å². The molecule has 0 heterocycles. The van der Waals surface area contributed by atoms with Crippen LogP contribution in [-0.4, -0.2) is 21.0 Å². The van der Waals surface area contributed by atoms with Gasteiger partial charge < -0.3 is 0 Å². The van der Waals surface area contributed by atoms with Gasteiger partial charge in [-0.1, -0.05) is 0 Å². The Bertz CT molecular complexity index is 84.1. The maximum atomic E-state index is 8.49. The van der Waals surface area contributed by atoms with Crippen molar-refractivity contribution in [1.82, 2.24) is 0 Å². The van der Waals surface area contributed by atoms with Crippen LogP contribution in [0.5, 0.6) is 0 Å². The van der Waals surface area contributed by atoms with Crippen LogP contribution in [0.2, 0.25) is 0 Å². The SMILES string of the molecule is CCC[C](=[W])B(O)O. The van der Waals surface area contributed by atoms with Crippen molar-refractivity contribution >= 4 is 10.9 Å². The van der Waals surface area contributed by atoms with Crippen LogP contribution in [0.15, 0.2) is 0 Å². The van der Waals surface area contributed by atoms with E-state index in [0.717, 1.165) is 16.6 Å². The van der Waals surface area contributed by atoms with Crippen LogP contribution in [0.3, 0.4) is 0 Å². The molecule has 0 aliphatic heterocycles. The van der Waals surface area contributed by atoms with Gasteiger partial charge in [0.15, 0.2) is 0 Å². The van der Waals surface area contributed by atoms with E-state index in [9.17, 15) is 0 Å². The molecule has 0 rings (SSSR count). The Morgan fingerprint density at radius 3 is 2.25 bits per heavy atom. The third-order valence-corrected chi connectivity index (χ3v) is 2.28. The fourth-order valence-electron chi connectivity index (χ4n) is 0.375. The van der Waals surface area contributed by atoms with Crippen LogP contribution < -0.4 is 0 Å². The predicted molar refractivity (Wildman–Crippen MR) is 30.1 cm³/mol. The molecule has 0 bridgehead atoms. The number of hydrogen-bond acceptors (Lipinski definition) is 2. The summed E-state index contributed by atoms with van der Waals surface area (Å²) in [5, 5.41) is 17.0. The van der Waals surface area contributed by atoms with Gasteiger partial charge in [0, 0.05) is 0 Å². The molecular weight excluding hydrogens is 275 g/mol. The average Bonchev–Trinajstić information content (AvgIpc) is 1.67. The van der Waals surface area contributed by atoms with Crippen molar-refractivity contribution in [1.29, 1.82) is 0 Å². The molecule has 0 saturated heterocycles. The van der Waals surface area contributed by atoms with Crippen LogP contribution in [-0.2, 0) is 19.4 Å². The number of rotatable bonds is 3. The molecule has 2 N–H and O–H groups in total. The molecular formula is C4H9BO2W. The summed E-state index contributed by atoms with van der Waals surface area (Å²) in [6, 6.07) is 0. The average molecular weight is 284 g/mol. The molecule has 0 radical (unpaired) electrons. The Balaban J connectivity index is 3.33. The molecule has 0 spiro atoms. The van der Waals surface area contributed by atoms with Crippen molar-refractivity contribution in [2.75, 3.05) is 0 Å². The summed E-state index contributed by atoms with van der Waals surface area (Å²) in [5.74, 6) is 0. The van der Waals surface area contributed by atoms with Crippen molar-refractivity contribution < 1.29 is 29.4 Å². The normalized spacial score (nSPS) is 8.88. The summed E-state index contributed by atoms with van der Waals surface area (Å²) in [6.45, 7) is 2.02. The van der Waals surface area contributed by atoms with Crippen LogP contribution in [0.25, 0.3) is 0 Å². The first-order chi connectivity index (χ1) is 3.68. The van der Waals surface area contributed by atoms with E-state index in [2.05, 4.69) is 0 Å². The van der Waals surface area contributed by atoms with E-state index < -0.39 is 7.12 Å². The van der Waals surface area contributed by atoms with Crippen molar-refractivity contribution in [2.45, 2.75) is 19.8 Å². The third-order valence-electron chi connectivity index (χ3n) is 0.784. The Hall–Kier alpha value is 0.543. The molecule has 0 aliphatic rings. The molecule has 4 heteroatoms. The summed E-state index contributed by atoms with van der Waals surface area (Å²) >= 11 is 1.18. The van der Waals surface area contributed by atoms with E-state index in [1.807, 2.05) is 6.92 Å². The first-order valence-corrected chi connectivity index (χ1v) is 4.04. The molecule has 0 fully saturated rings. The molecule has 0 amide bonds. The van der Waals surface area contributed by atoms with Crippen molar-refractivity contribution in [3.8, 4) is 0 Å². The molecule has 2 nitrogen and oxygen atoms in total. The van der Waals surface area contributed by atoms with Gasteiger partial charge in [0.25, 0.3) is 0 Å². The number of hydrogen-bond donors (Lipinski definition) is 2. The summed E-state index contributed by atoms with van der Waals surface area (Å²) in [6.07, 6.45) is 1.84. The summed E-state index contributed by atoms with van der Waals surface area (Å²) < 4.78 is 0.826. The molecule has 0 aromatic carbocycles. The summed E-state index contributed by atoms with van der Waals surface area (Å²) in [7, 11) is -1.18. The Morgan fingerprint density at radius 2 is 2.12 bits per heavy atom. The monoisotopic (exact) mass is 284 g/mol. The van der Waals surface area contributed by atoms with Crippen molar-refractivity contribution in [2.24, 2.45) is 0 Å². The topological polar surface area (TPSA) is 40.5 Å². The van der Waals surface area contributed by atoms with Gasteiger partial charge in [-0.25, -0.2) is 0 Å². The van der Waals surface area contributed by atoms with Crippen LogP contribution in [0.1, 0.15) is 19.8 Å². The van der Waals surface area contributed by atoms with Gasteiger partial charge in [-0.2, -0.15) is 0 Å². The Morgan fingerprint density at radius 1 is 1.62 bits per heavy atom. The predicted octanol–water partition coefficient (Wildman–Crippen LogP) is -0.482. The summed E-state index contributed by atoms with van der Waals surface area (Å²) in [5.41, 5.74) is 0. The molecule has 0 aliphatic carbocycles. The van der Waals surface area contributed by atoms with Crippen LogP contribution in [0, 0.1) is 0 Å². The maximum absolute atomic E-state index is 8.49. The van der Waals surface area contributed by atoms with Gasteiger partial charge in [0.1, 0.15) is 0 Å². The summed E-state index contributed by atoms with van der Waals surface area (Å²) in [4.78, 5) is 0. The van der Waals surface area contributed by atoms with Gasteiger partial charge in [0.2, 0.25) is 0 Å². The second-order valence-electron chi connectivity index (χ2n) is 1.59. The Labute approximate surface area is 60.5 Å². The van der Waals surface area contributed by atoms with E-state index in [1.54, 1.807) is 0 Å². The first kappa shape index (κ1) is 8.54. The Kier molecular flexibility index (Phi) is 4.73. The minimum atomic E-state index is -1.18. The van der Waals surface area contributed by atoms with Gasteiger partial charge in [0.05, 0.1) is 0 Å². The zero-order valence-electron chi connectivity index (χ0n) is 4.79. The fourth-order valence-corrected chi connectivity index (χ4v) is 1.11. The molecule has 0 aromatic rings. The van der Waals surface area contributed by atoms with E-state index in [0.29, 0.717) is 0 Å². The van der Waals surface area contributed by atoms with Crippen LogP contribution >= 0.6 is 0 Å². The van der Waals surface area contributed by atoms with Gasteiger partial charge in [-0.05, 0) is 0 Å². The van der Waals surface area contributed by atoms with Crippen molar-refractivity contribution in [3.05, 3.63) is 0 Å². The quantitative estimate of drug-likeness (QED) is 0.687. The molecule has 0 aromatic heterocycles. The zero-order valence-corrected chi connectivity index (χ0v) is 7.73. The standard InChI is InChI=1S/C4H9BO2.W/c1-2-3-4-5(6)7;/h6-7H,2-3H2,1H3;. The molecule has 0 unspecified atom stereocenters. The fraction of sp³-hybridized carbons (Fsp3) is 0.750. The molecule has 0 atom stereocenters. The molecule has 8 heavy (non-hydrogen) atoms. The second-order valence-corrected chi connectivity index (χ2v) is 3.47. The van der Waals surface area contributed by atoms with Gasteiger partial charge in [-0.15, -0.1) is 0 Å². The van der Waals surface area contributed by atoms with E-state index >= 15 is 0 Å². The van der Waals surface area contributed by atoms with Crippen LogP contribution in [0.4, 0.5) is 0 Å². The second kappa shape index (κ2) is 4.42. The zero-order chi connectivity index (χ0) is 6.57. The first-order valence-electron chi connectivity index (χ1n) is 2.57. The van der Waals surface area contributed by atoms with Gasteiger partial charge >= 0.3 is 60.1 Å². The van der Waals surface area contributed by atoms with Crippen molar-refractivity contribution in [3.63, 3.8) is 0 Å².